The Bertz CT molecular complexity index is 1620. The van der Waals surface area contributed by atoms with Gasteiger partial charge in [-0.25, -0.2) is 0 Å². The second-order valence-corrected chi connectivity index (χ2v) is 11.7. The zero-order chi connectivity index (χ0) is 32.4. The van der Waals surface area contributed by atoms with Crippen LogP contribution in [0.5, 0.6) is 23.0 Å². The highest BCUT2D eigenvalue weighted by molar-refractivity contribution is 5.96. The van der Waals surface area contributed by atoms with Crippen LogP contribution in [0.1, 0.15) is 42.4 Å². The average Bonchev–Trinajstić information content (AvgIpc) is 3.11. The molecule has 0 saturated carbocycles. The summed E-state index contributed by atoms with van der Waals surface area (Å²) in [5.74, 6) is 2.34. The third-order valence-electron chi connectivity index (χ3n) is 8.57. The second-order valence-electron chi connectivity index (χ2n) is 11.7. The molecule has 0 radical (unpaired) electrons. The van der Waals surface area contributed by atoms with Crippen molar-refractivity contribution in [1.29, 1.82) is 0 Å². The fourth-order valence-corrected chi connectivity index (χ4v) is 6.03. The number of methoxy groups -OCH3 is 1. The highest BCUT2D eigenvalue weighted by Gasteiger charge is 2.21. The number of hydrogen-bond donors (Lipinski definition) is 0. The molecule has 2 fully saturated rings. The number of carbonyl (C=O) groups excluding carboxylic acids is 1. The molecule has 0 bridgehead atoms. The second kappa shape index (κ2) is 16.0. The lowest BCUT2D eigenvalue weighted by atomic mass is 10.1. The summed E-state index contributed by atoms with van der Waals surface area (Å²) in [7, 11) is 1.63. The van der Waals surface area contributed by atoms with E-state index in [9.17, 15) is 4.79 Å². The molecule has 11 heteroatoms. The van der Waals surface area contributed by atoms with Gasteiger partial charge in [0.15, 0.2) is 17.3 Å². The first-order valence-electron chi connectivity index (χ1n) is 16.5. The summed E-state index contributed by atoms with van der Waals surface area (Å²) < 4.78 is 29.2. The van der Waals surface area contributed by atoms with Gasteiger partial charge >= 0.3 is 0 Å². The van der Waals surface area contributed by atoms with E-state index >= 15 is 0 Å². The number of hydrogen-bond acceptors (Lipinski definition) is 11. The van der Waals surface area contributed by atoms with Crippen molar-refractivity contribution >= 4 is 22.4 Å². The molecule has 11 nitrogen and oxygen atoms in total. The monoisotopic (exact) mass is 641 g/mol. The van der Waals surface area contributed by atoms with Gasteiger partial charge in [-0.1, -0.05) is 0 Å². The maximum atomic E-state index is 13.1. The summed E-state index contributed by atoms with van der Waals surface area (Å²) in [5, 5.41) is 0.789. The van der Waals surface area contributed by atoms with Crippen molar-refractivity contribution in [2.45, 2.75) is 38.7 Å². The molecule has 0 atom stereocenters. The minimum Gasteiger partial charge on any atom is -0.493 e. The minimum absolute atomic E-state index is 0.0800. The first-order chi connectivity index (χ1) is 23.1. The molecule has 4 aromatic rings. The largest absolute Gasteiger partial charge is 0.493 e. The van der Waals surface area contributed by atoms with Crippen molar-refractivity contribution in [2.24, 2.45) is 0 Å². The molecular weight excluding hydrogens is 598 g/mol. The lowest BCUT2D eigenvalue weighted by molar-refractivity contribution is 0.0357. The third kappa shape index (κ3) is 8.54. The molecule has 0 spiro atoms. The Balaban J connectivity index is 1.06. The normalized spacial score (nSPS) is 15.9. The summed E-state index contributed by atoms with van der Waals surface area (Å²) in [4.78, 5) is 31.2. The average molecular weight is 642 g/mol. The van der Waals surface area contributed by atoms with Gasteiger partial charge in [0.2, 0.25) is 0 Å². The molecule has 6 rings (SSSR count). The zero-order valence-electron chi connectivity index (χ0n) is 27.2. The van der Waals surface area contributed by atoms with Crippen LogP contribution in [-0.2, 0) is 15.9 Å². The molecule has 47 heavy (non-hydrogen) atoms. The van der Waals surface area contributed by atoms with Crippen LogP contribution in [0.3, 0.4) is 0 Å². The molecule has 0 unspecified atom stereocenters. The van der Waals surface area contributed by atoms with Crippen LogP contribution in [-0.4, -0.2) is 98.0 Å². The quantitative estimate of drug-likeness (QED) is 0.131. The first-order valence-corrected chi connectivity index (χ1v) is 16.5. The van der Waals surface area contributed by atoms with Gasteiger partial charge in [-0.15, -0.1) is 0 Å². The van der Waals surface area contributed by atoms with Crippen LogP contribution in [0.2, 0.25) is 0 Å². The number of ketones is 1. The number of pyridine rings is 3. The minimum atomic E-state index is -0.0800. The van der Waals surface area contributed by atoms with Gasteiger partial charge in [0.25, 0.3) is 0 Å². The van der Waals surface area contributed by atoms with E-state index in [-0.39, 0.29) is 12.2 Å². The Morgan fingerprint density at radius 3 is 2.53 bits per heavy atom. The molecule has 2 aliphatic heterocycles. The van der Waals surface area contributed by atoms with Crippen LogP contribution in [0.4, 0.5) is 5.69 Å². The van der Waals surface area contributed by atoms with Gasteiger partial charge in [-0.05, 0) is 62.6 Å². The standard InChI is InChI=1S/C36H43N5O6/c1-3-45-28-9-14-41(15-10-28)27-7-11-38-32(22-27)33(42)21-26-5-6-29(25-39-26)47-34-8-12-37-31-24-36(35(43-2)23-30(31)34)46-18-4-13-40-16-19-44-20-17-40/h5-8,11-12,22-25,28H,3-4,9-10,13-21H2,1-2H3. The first kappa shape index (κ1) is 32.6. The number of rotatable bonds is 14. The number of aromatic nitrogens is 3. The number of Topliss-reactive ketones (excluding diaryl/α,β-unsaturated/α-hetero) is 1. The molecule has 3 aromatic heterocycles. The Labute approximate surface area is 275 Å². The van der Waals surface area contributed by atoms with Gasteiger partial charge in [0, 0.05) is 74.6 Å². The lowest BCUT2D eigenvalue weighted by Gasteiger charge is -2.33. The van der Waals surface area contributed by atoms with E-state index in [0.29, 0.717) is 47.1 Å². The fourth-order valence-electron chi connectivity index (χ4n) is 6.03. The predicted molar refractivity (Wildman–Crippen MR) is 179 cm³/mol. The van der Waals surface area contributed by atoms with Crippen LogP contribution >= 0.6 is 0 Å². The Kier molecular flexibility index (Phi) is 11.1. The van der Waals surface area contributed by atoms with Crippen LogP contribution in [0.15, 0.2) is 61.1 Å². The SMILES string of the molecule is CCOC1CCN(c2ccnc(C(=O)Cc3ccc(Oc4ccnc5cc(OCCCN6CCOCC6)c(OC)cc45)cn3)c2)CC1. The molecule has 0 aliphatic carbocycles. The Morgan fingerprint density at radius 1 is 0.936 bits per heavy atom. The van der Waals surface area contributed by atoms with Crippen LogP contribution < -0.4 is 19.1 Å². The molecule has 5 heterocycles. The number of nitrogens with zero attached hydrogens (tertiary/aromatic N) is 5. The summed E-state index contributed by atoms with van der Waals surface area (Å²) in [6.07, 6.45) is 8.36. The molecule has 248 valence electrons. The molecule has 0 amide bonds. The van der Waals surface area contributed by atoms with Crippen molar-refractivity contribution in [1.82, 2.24) is 19.9 Å². The summed E-state index contributed by atoms with van der Waals surface area (Å²) >= 11 is 0. The van der Waals surface area contributed by atoms with Crippen molar-refractivity contribution in [3.05, 3.63) is 72.4 Å². The van der Waals surface area contributed by atoms with Gasteiger partial charge in [-0.3, -0.25) is 24.6 Å². The van der Waals surface area contributed by atoms with Crippen molar-refractivity contribution < 1.29 is 28.5 Å². The van der Waals surface area contributed by atoms with E-state index in [1.54, 1.807) is 31.8 Å². The lowest BCUT2D eigenvalue weighted by Crippen LogP contribution is -2.37. The van der Waals surface area contributed by atoms with Crippen LogP contribution in [0.25, 0.3) is 10.9 Å². The van der Waals surface area contributed by atoms with E-state index in [4.69, 9.17) is 23.7 Å². The van der Waals surface area contributed by atoms with Crippen LogP contribution in [0, 0.1) is 0 Å². The maximum Gasteiger partial charge on any atom is 0.187 e. The number of anilines is 1. The highest BCUT2D eigenvalue weighted by Crippen LogP contribution is 2.37. The van der Waals surface area contributed by atoms with E-state index in [1.807, 2.05) is 43.3 Å². The summed E-state index contributed by atoms with van der Waals surface area (Å²) in [5.41, 5.74) is 2.83. The summed E-state index contributed by atoms with van der Waals surface area (Å²) in [6, 6.07) is 13.0. The number of morpholine rings is 1. The number of ether oxygens (including phenoxy) is 5. The van der Waals surface area contributed by atoms with E-state index < -0.39 is 0 Å². The molecule has 1 aromatic carbocycles. The van der Waals surface area contributed by atoms with Crippen molar-refractivity contribution in [2.75, 3.05) is 71.2 Å². The number of piperidine rings is 1. The van der Waals surface area contributed by atoms with Crippen molar-refractivity contribution in [3.63, 3.8) is 0 Å². The van der Waals surface area contributed by atoms with E-state index in [0.717, 1.165) is 88.4 Å². The van der Waals surface area contributed by atoms with Gasteiger partial charge in [-0.2, -0.15) is 0 Å². The number of benzene rings is 1. The number of fused-ring (bicyclic) bond motifs is 1. The summed E-state index contributed by atoms with van der Waals surface area (Å²) in [6.45, 7) is 9.61. The molecular formula is C36H43N5O6. The number of carbonyl (C=O) groups is 1. The predicted octanol–water partition coefficient (Wildman–Crippen LogP) is 5.36. The molecule has 0 N–H and O–H groups in total. The molecule has 2 aliphatic rings. The zero-order valence-corrected chi connectivity index (χ0v) is 27.2. The Morgan fingerprint density at radius 2 is 1.77 bits per heavy atom. The van der Waals surface area contributed by atoms with Gasteiger partial charge in [0.1, 0.15) is 17.2 Å². The van der Waals surface area contributed by atoms with Crippen molar-refractivity contribution in [3.8, 4) is 23.0 Å². The smallest absolute Gasteiger partial charge is 0.187 e. The topological polar surface area (TPSA) is 108 Å². The maximum absolute atomic E-state index is 13.1. The van der Waals surface area contributed by atoms with Gasteiger partial charge in [0.05, 0.1) is 51.2 Å². The highest BCUT2D eigenvalue weighted by atomic mass is 16.5. The molecule has 2 saturated heterocycles. The Hall–Kier alpha value is -4.32. The van der Waals surface area contributed by atoms with E-state index in [1.165, 1.54) is 0 Å². The van der Waals surface area contributed by atoms with E-state index in [2.05, 4.69) is 24.8 Å². The fraction of sp³-hybridized carbons (Fsp3) is 0.444. The third-order valence-corrected chi connectivity index (χ3v) is 8.57. The van der Waals surface area contributed by atoms with Gasteiger partial charge < -0.3 is 28.6 Å².